The standard InChI is InChI=1S/C18H23N5O2/c1-3-23-13(4-10-20-23)15-12(6-11-25-15)16(24)21-14-5-9-19-17(22-14)18(2)7-8-18/h4-5,9-10,12,15H,3,6-8,11H2,1-2H3,(H,19,21,22,24)/t12-,15-/m1/s1. The van der Waals surface area contributed by atoms with E-state index < -0.39 is 0 Å². The van der Waals surface area contributed by atoms with Crippen LogP contribution in [0.25, 0.3) is 0 Å². The number of anilines is 1. The molecule has 0 spiro atoms. The summed E-state index contributed by atoms with van der Waals surface area (Å²) in [5.41, 5.74) is 1.03. The van der Waals surface area contributed by atoms with Crippen molar-refractivity contribution >= 4 is 11.7 Å². The smallest absolute Gasteiger partial charge is 0.231 e. The van der Waals surface area contributed by atoms with Gasteiger partial charge in [-0.2, -0.15) is 5.10 Å². The number of nitrogens with zero attached hydrogens (tertiary/aromatic N) is 4. The number of ether oxygens (including phenoxy) is 1. The van der Waals surface area contributed by atoms with Crippen LogP contribution in [0, 0.1) is 5.92 Å². The lowest BCUT2D eigenvalue weighted by atomic mass is 9.98. The fourth-order valence-electron chi connectivity index (χ4n) is 3.35. The van der Waals surface area contributed by atoms with Crippen LogP contribution in [0.1, 0.15) is 50.7 Å². The summed E-state index contributed by atoms with van der Waals surface area (Å²) in [5, 5.41) is 7.24. The minimum absolute atomic E-state index is 0.0584. The predicted octanol–water partition coefficient (Wildman–Crippen LogP) is 2.46. The molecule has 7 heteroatoms. The third kappa shape index (κ3) is 3.04. The maximum Gasteiger partial charge on any atom is 0.231 e. The minimum Gasteiger partial charge on any atom is -0.371 e. The second-order valence-corrected chi connectivity index (χ2v) is 7.07. The molecule has 1 amide bonds. The number of hydrogen-bond donors (Lipinski definition) is 1. The average Bonchev–Trinajstić information content (AvgIpc) is 3.05. The fraction of sp³-hybridized carbons (Fsp3) is 0.556. The highest BCUT2D eigenvalue weighted by Gasteiger charge is 2.42. The van der Waals surface area contributed by atoms with Gasteiger partial charge in [-0.15, -0.1) is 0 Å². The molecule has 2 aromatic heterocycles. The number of amides is 1. The first-order valence-electron chi connectivity index (χ1n) is 8.88. The minimum atomic E-state index is -0.260. The van der Waals surface area contributed by atoms with Crippen molar-refractivity contribution in [1.82, 2.24) is 19.7 Å². The van der Waals surface area contributed by atoms with Gasteiger partial charge >= 0.3 is 0 Å². The molecule has 4 rings (SSSR count). The van der Waals surface area contributed by atoms with Crippen molar-refractivity contribution in [2.75, 3.05) is 11.9 Å². The summed E-state index contributed by atoms with van der Waals surface area (Å²) in [6, 6.07) is 3.67. The molecular weight excluding hydrogens is 318 g/mol. The maximum absolute atomic E-state index is 12.8. The molecule has 0 aromatic carbocycles. The number of nitrogens with one attached hydrogen (secondary N) is 1. The van der Waals surface area contributed by atoms with E-state index in [-0.39, 0.29) is 23.3 Å². The normalized spacial score (nSPS) is 24.2. The molecule has 0 radical (unpaired) electrons. The summed E-state index contributed by atoms with van der Waals surface area (Å²) in [6.45, 7) is 5.51. The van der Waals surface area contributed by atoms with Gasteiger partial charge in [0.15, 0.2) is 0 Å². The molecule has 25 heavy (non-hydrogen) atoms. The first-order chi connectivity index (χ1) is 12.1. The van der Waals surface area contributed by atoms with E-state index in [0.29, 0.717) is 18.8 Å². The summed E-state index contributed by atoms with van der Waals surface area (Å²) in [6.07, 6.45) is 6.11. The largest absolute Gasteiger partial charge is 0.371 e. The highest BCUT2D eigenvalue weighted by atomic mass is 16.5. The Morgan fingerprint density at radius 3 is 3.00 bits per heavy atom. The highest BCUT2D eigenvalue weighted by molar-refractivity contribution is 5.92. The van der Waals surface area contributed by atoms with Crippen LogP contribution in [-0.4, -0.2) is 32.3 Å². The van der Waals surface area contributed by atoms with E-state index in [0.717, 1.165) is 30.9 Å². The molecule has 1 aliphatic heterocycles. The Hall–Kier alpha value is -2.28. The molecular formula is C18H23N5O2. The van der Waals surface area contributed by atoms with Crippen LogP contribution in [0.5, 0.6) is 0 Å². The van der Waals surface area contributed by atoms with Crippen LogP contribution >= 0.6 is 0 Å². The Morgan fingerprint density at radius 1 is 1.40 bits per heavy atom. The van der Waals surface area contributed by atoms with Crippen molar-refractivity contribution in [1.29, 1.82) is 0 Å². The van der Waals surface area contributed by atoms with Gasteiger partial charge in [0.25, 0.3) is 0 Å². The molecule has 0 unspecified atom stereocenters. The van der Waals surface area contributed by atoms with Crippen molar-refractivity contribution in [2.24, 2.45) is 5.92 Å². The molecule has 2 aliphatic rings. The van der Waals surface area contributed by atoms with Crippen molar-refractivity contribution in [3.05, 3.63) is 36.0 Å². The molecule has 3 heterocycles. The molecule has 7 nitrogen and oxygen atoms in total. The van der Waals surface area contributed by atoms with E-state index in [1.54, 1.807) is 18.5 Å². The Kier molecular flexibility index (Phi) is 4.03. The Labute approximate surface area is 146 Å². The fourth-order valence-corrected chi connectivity index (χ4v) is 3.35. The zero-order chi connectivity index (χ0) is 17.4. The van der Waals surface area contributed by atoms with Gasteiger partial charge in [0, 0.05) is 31.0 Å². The van der Waals surface area contributed by atoms with Gasteiger partial charge in [-0.05, 0) is 38.3 Å². The van der Waals surface area contributed by atoms with Gasteiger partial charge < -0.3 is 10.1 Å². The number of rotatable bonds is 5. The van der Waals surface area contributed by atoms with Crippen molar-refractivity contribution in [2.45, 2.75) is 51.2 Å². The predicted molar refractivity (Wildman–Crippen MR) is 91.9 cm³/mol. The van der Waals surface area contributed by atoms with Gasteiger partial charge in [-0.3, -0.25) is 9.48 Å². The van der Waals surface area contributed by atoms with Crippen molar-refractivity contribution < 1.29 is 9.53 Å². The Morgan fingerprint density at radius 2 is 2.24 bits per heavy atom. The maximum atomic E-state index is 12.8. The molecule has 2 atom stereocenters. The lowest BCUT2D eigenvalue weighted by Gasteiger charge is -2.19. The number of carbonyl (C=O) groups is 1. The third-order valence-electron chi connectivity index (χ3n) is 5.22. The summed E-state index contributed by atoms with van der Waals surface area (Å²) in [7, 11) is 0. The van der Waals surface area contributed by atoms with Crippen LogP contribution in [0.3, 0.4) is 0 Å². The zero-order valence-electron chi connectivity index (χ0n) is 14.6. The second kappa shape index (κ2) is 6.22. The molecule has 2 fully saturated rings. The second-order valence-electron chi connectivity index (χ2n) is 7.07. The number of aromatic nitrogens is 4. The van der Waals surface area contributed by atoms with Gasteiger partial charge in [-0.1, -0.05) is 6.92 Å². The molecule has 1 aliphatic carbocycles. The van der Waals surface area contributed by atoms with E-state index >= 15 is 0 Å². The molecule has 0 bridgehead atoms. The zero-order valence-corrected chi connectivity index (χ0v) is 14.6. The number of aryl methyl sites for hydroxylation is 1. The lowest BCUT2D eigenvalue weighted by Crippen LogP contribution is -2.27. The van der Waals surface area contributed by atoms with Gasteiger partial charge in [-0.25, -0.2) is 9.97 Å². The van der Waals surface area contributed by atoms with Gasteiger partial charge in [0.1, 0.15) is 17.7 Å². The van der Waals surface area contributed by atoms with E-state index in [9.17, 15) is 4.79 Å². The average molecular weight is 341 g/mol. The molecule has 132 valence electrons. The summed E-state index contributed by atoms with van der Waals surface area (Å²) in [5.74, 6) is 1.08. The van der Waals surface area contributed by atoms with E-state index in [1.165, 1.54) is 0 Å². The monoisotopic (exact) mass is 341 g/mol. The van der Waals surface area contributed by atoms with Crippen molar-refractivity contribution in [3.8, 4) is 0 Å². The Balaban J connectivity index is 1.51. The van der Waals surface area contributed by atoms with Gasteiger partial charge in [0.2, 0.25) is 5.91 Å². The Bertz CT molecular complexity index is 783. The van der Waals surface area contributed by atoms with Gasteiger partial charge in [0.05, 0.1) is 11.6 Å². The summed E-state index contributed by atoms with van der Waals surface area (Å²) >= 11 is 0. The first-order valence-corrected chi connectivity index (χ1v) is 8.88. The molecule has 1 saturated heterocycles. The summed E-state index contributed by atoms with van der Waals surface area (Å²) in [4.78, 5) is 21.7. The van der Waals surface area contributed by atoms with Crippen LogP contribution in [0.2, 0.25) is 0 Å². The highest BCUT2D eigenvalue weighted by Crippen LogP contribution is 2.46. The van der Waals surface area contributed by atoms with E-state index in [2.05, 4.69) is 27.3 Å². The SMILES string of the molecule is CCn1nccc1[C@@H]1OCC[C@H]1C(=O)Nc1ccnc(C2(C)CC2)n1. The van der Waals surface area contributed by atoms with Crippen molar-refractivity contribution in [3.63, 3.8) is 0 Å². The van der Waals surface area contributed by atoms with Crippen LogP contribution < -0.4 is 5.32 Å². The third-order valence-corrected chi connectivity index (χ3v) is 5.22. The quantitative estimate of drug-likeness (QED) is 0.903. The van der Waals surface area contributed by atoms with Crippen LogP contribution in [0.15, 0.2) is 24.5 Å². The lowest BCUT2D eigenvalue weighted by molar-refractivity contribution is -0.121. The van der Waals surface area contributed by atoms with E-state index in [4.69, 9.17) is 4.74 Å². The van der Waals surface area contributed by atoms with E-state index in [1.807, 2.05) is 17.7 Å². The summed E-state index contributed by atoms with van der Waals surface area (Å²) < 4.78 is 7.73. The topological polar surface area (TPSA) is 81.9 Å². The number of carbonyl (C=O) groups excluding carboxylic acids is 1. The molecule has 1 N–H and O–H groups in total. The number of hydrogen-bond acceptors (Lipinski definition) is 5. The van der Waals surface area contributed by atoms with Crippen LogP contribution in [0.4, 0.5) is 5.82 Å². The van der Waals surface area contributed by atoms with Crippen LogP contribution in [-0.2, 0) is 21.5 Å². The first kappa shape index (κ1) is 16.2. The molecule has 2 aromatic rings. The molecule has 1 saturated carbocycles.